The highest BCUT2D eigenvalue weighted by atomic mass is 79.9. The van der Waals surface area contributed by atoms with E-state index < -0.39 is 11.9 Å². The predicted molar refractivity (Wildman–Crippen MR) is 63.3 cm³/mol. The number of hydrogen-bond acceptors (Lipinski definition) is 3. The average Bonchev–Trinajstić information content (AvgIpc) is 2.26. The van der Waals surface area contributed by atoms with Gasteiger partial charge in [-0.25, -0.2) is 0 Å². The molecule has 1 rings (SSSR count). The van der Waals surface area contributed by atoms with Crippen molar-refractivity contribution in [2.75, 3.05) is 14.2 Å². The van der Waals surface area contributed by atoms with Crippen LogP contribution in [0.15, 0.2) is 16.6 Å². The number of hydrogen-bond donors (Lipinski definition) is 1. The molecule has 0 bridgehead atoms. The molecule has 0 aliphatic carbocycles. The summed E-state index contributed by atoms with van der Waals surface area (Å²) in [7, 11) is 3.04. The third-order valence-electron chi connectivity index (χ3n) is 2.32. The number of carbonyl (C=O) groups is 1. The van der Waals surface area contributed by atoms with E-state index in [1.165, 1.54) is 7.11 Å². The molecule has 0 heterocycles. The van der Waals surface area contributed by atoms with E-state index in [-0.39, 0.29) is 0 Å². The zero-order chi connectivity index (χ0) is 12.3. The zero-order valence-electron chi connectivity index (χ0n) is 9.28. The first kappa shape index (κ1) is 12.8. The van der Waals surface area contributed by atoms with Crippen LogP contribution >= 0.6 is 15.9 Å². The van der Waals surface area contributed by atoms with E-state index in [1.54, 1.807) is 26.2 Å². The van der Waals surface area contributed by atoms with Gasteiger partial charge in [0.1, 0.15) is 11.5 Å². The highest BCUT2D eigenvalue weighted by molar-refractivity contribution is 9.10. The Morgan fingerprint density at radius 1 is 1.38 bits per heavy atom. The van der Waals surface area contributed by atoms with E-state index in [4.69, 9.17) is 14.6 Å². The van der Waals surface area contributed by atoms with Gasteiger partial charge in [0.25, 0.3) is 0 Å². The van der Waals surface area contributed by atoms with Crippen LogP contribution in [0.5, 0.6) is 11.5 Å². The SMILES string of the molecule is COc1cc(Br)c(C(C)C(=O)O)c(OC)c1. The smallest absolute Gasteiger partial charge is 0.310 e. The van der Waals surface area contributed by atoms with Gasteiger partial charge in [0.15, 0.2) is 0 Å². The summed E-state index contributed by atoms with van der Waals surface area (Å²) < 4.78 is 10.9. The predicted octanol–water partition coefficient (Wildman–Crippen LogP) is 2.65. The first-order chi connectivity index (χ1) is 7.51. The van der Waals surface area contributed by atoms with Gasteiger partial charge in [-0.1, -0.05) is 15.9 Å². The lowest BCUT2D eigenvalue weighted by Crippen LogP contribution is -2.10. The number of benzene rings is 1. The first-order valence-electron chi connectivity index (χ1n) is 4.65. The van der Waals surface area contributed by atoms with Crippen LogP contribution in [0.2, 0.25) is 0 Å². The van der Waals surface area contributed by atoms with Crippen LogP contribution in [-0.2, 0) is 4.79 Å². The molecule has 0 aromatic heterocycles. The number of aliphatic carboxylic acids is 1. The fourth-order valence-corrected chi connectivity index (χ4v) is 2.16. The van der Waals surface area contributed by atoms with Gasteiger partial charge in [-0.3, -0.25) is 4.79 Å². The monoisotopic (exact) mass is 288 g/mol. The molecule has 1 N–H and O–H groups in total. The minimum Gasteiger partial charge on any atom is -0.497 e. The average molecular weight is 289 g/mol. The first-order valence-corrected chi connectivity index (χ1v) is 5.44. The molecule has 4 nitrogen and oxygen atoms in total. The van der Waals surface area contributed by atoms with Gasteiger partial charge in [-0.15, -0.1) is 0 Å². The quantitative estimate of drug-likeness (QED) is 0.925. The summed E-state index contributed by atoms with van der Waals surface area (Å²) in [5.74, 6) is -0.425. The molecular formula is C11H13BrO4. The standard InChI is InChI=1S/C11H13BrO4/c1-6(11(13)14)10-8(12)4-7(15-2)5-9(10)16-3/h4-6H,1-3H3,(H,13,14). The minimum absolute atomic E-state index is 0.501. The molecule has 5 heteroatoms. The summed E-state index contributed by atoms with van der Waals surface area (Å²) >= 11 is 3.33. The molecule has 0 aliphatic rings. The van der Waals surface area contributed by atoms with E-state index in [9.17, 15) is 4.79 Å². The summed E-state index contributed by atoms with van der Waals surface area (Å²) in [6.45, 7) is 1.61. The number of methoxy groups -OCH3 is 2. The van der Waals surface area contributed by atoms with Gasteiger partial charge in [0.2, 0.25) is 0 Å². The van der Waals surface area contributed by atoms with E-state index in [0.717, 1.165) is 0 Å². The Labute approximate surface area is 102 Å². The van der Waals surface area contributed by atoms with E-state index in [0.29, 0.717) is 21.5 Å². The van der Waals surface area contributed by atoms with Crippen molar-refractivity contribution in [3.05, 3.63) is 22.2 Å². The molecule has 88 valence electrons. The van der Waals surface area contributed by atoms with Gasteiger partial charge in [0, 0.05) is 16.1 Å². The molecule has 1 aromatic carbocycles. The van der Waals surface area contributed by atoms with Crippen LogP contribution in [0.25, 0.3) is 0 Å². The van der Waals surface area contributed by atoms with Gasteiger partial charge >= 0.3 is 5.97 Å². The fraction of sp³-hybridized carbons (Fsp3) is 0.364. The largest absolute Gasteiger partial charge is 0.497 e. The van der Waals surface area contributed by atoms with Crippen LogP contribution in [0.4, 0.5) is 0 Å². The van der Waals surface area contributed by atoms with Crippen molar-refractivity contribution in [3.8, 4) is 11.5 Å². The second kappa shape index (κ2) is 5.21. The van der Waals surface area contributed by atoms with Crippen LogP contribution in [0.1, 0.15) is 18.4 Å². The molecule has 0 saturated carbocycles. The molecule has 1 atom stereocenters. The maximum absolute atomic E-state index is 11.0. The molecule has 0 amide bonds. The van der Waals surface area contributed by atoms with Crippen molar-refractivity contribution in [1.82, 2.24) is 0 Å². The number of carboxylic acid groups (broad SMARTS) is 1. The molecule has 0 spiro atoms. The van der Waals surface area contributed by atoms with Gasteiger partial charge in [-0.05, 0) is 13.0 Å². The molecule has 0 radical (unpaired) electrons. The number of halogens is 1. The third-order valence-corrected chi connectivity index (χ3v) is 2.98. The Morgan fingerprint density at radius 3 is 2.44 bits per heavy atom. The number of ether oxygens (including phenoxy) is 2. The lowest BCUT2D eigenvalue weighted by molar-refractivity contribution is -0.138. The van der Waals surface area contributed by atoms with Gasteiger partial charge in [-0.2, -0.15) is 0 Å². The van der Waals surface area contributed by atoms with Crippen molar-refractivity contribution in [1.29, 1.82) is 0 Å². The number of rotatable bonds is 4. The maximum atomic E-state index is 11.0. The number of carboxylic acids is 1. The highest BCUT2D eigenvalue weighted by Gasteiger charge is 2.22. The summed E-state index contributed by atoms with van der Waals surface area (Å²) in [5.41, 5.74) is 0.607. The third kappa shape index (κ3) is 2.47. The Hall–Kier alpha value is -1.23. The maximum Gasteiger partial charge on any atom is 0.310 e. The van der Waals surface area contributed by atoms with Crippen molar-refractivity contribution in [3.63, 3.8) is 0 Å². The lowest BCUT2D eigenvalue weighted by atomic mass is 10.00. The van der Waals surface area contributed by atoms with Crippen LogP contribution in [-0.4, -0.2) is 25.3 Å². The topological polar surface area (TPSA) is 55.8 Å². The lowest BCUT2D eigenvalue weighted by Gasteiger charge is -2.15. The van der Waals surface area contributed by atoms with Crippen LogP contribution < -0.4 is 9.47 Å². The highest BCUT2D eigenvalue weighted by Crippen LogP contribution is 2.37. The normalized spacial score (nSPS) is 12.0. The van der Waals surface area contributed by atoms with Crippen LogP contribution in [0, 0.1) is 0 Å². The van der Waals surface area contributed by atoms with Gasteiger partial charge in [0.05, 0.1) is 20.1 Å². The Bertz CT molecular complexity index is 403. The summed E-state index contributed by atoms with van der Waals surface area (Å²) in [5, 5.41) is 9.00. The molecule has 0 aliphatic heterocycles. The van der Waals surface area contributed by atoms with E-state index >= 15 is 0 Å². The zero-order valence-corrected chi connectivity index (χ0v) is 10.9. The summed E-state index contributed by atoms with van der Waals surface area (Å²) in [6.07, 6.45) is 0. The fourth-order valence-electron chi connectivity index (χ4n) is 1.40. The van der Waals surface area contributed by atoms with Crippen molar-refractivity contribution in [2.45, 2.75) is 12.8 Å². The van der Waals surface area contributed by atoms with E-state index in [1.807, 2.05) is 0 Å². The Kier molecular flexibility index (Phi) is 4.18. The summed E-state index contributed by atoms with van der Waals surface area (Å²) in [4.78, 5) is 11.0. The van der Waals surface area contributed by atoms with Crippen LogP contribution in [0.3, 0.4) is 0 Å². The molecule has 1 unspecified atom stereocenters. The molecular weight excluding hydrogens is 276 g/mol. The van der Waals surface area contributed by atoms with Crippen molar-refractivity contribution >= 4 is 21.9 Å². The molecule has 16 heavy (non-hydrogen) atoms. The van der Waals surface area contributed by atoms with Gasteiger partial charge < -0.3 is 14.6 Å². The van der Waals surface area contributed by atoms with Crippen molar-refractivity contribution < 1.29 is 19.4 Å². The summed E-state index contributed by atoms with van der Waals surface area (Å²) in [6, 6.07) is 3.39. The minimum atomic E-state index is -0.899. The Balaban J connectivity index is 3.31. The molecule has 0 fully saturated rings. The van der Waals surface area contributed by atoms with Crippen molar-refractivity contribution in [2.24, 2.45) is 0 Å². The molecule has 1 aromatic rings. The second-order valence-corrected chi connectivity index (χ2v) is 4.14. The Morgan fingerprint density at radius 2 is 2.00 bits per heavy atom. The van der Waals surface area contributed by atoms with E-state index in [2.05, 4.69) is 15.9 Å². The second-order valence-electron chi connectivity index (χ2n) is 3.29. The molecule has 0 saturated heterocycles.